The van der Waals surface area contributed by atoms with Crippen LogP contribution in [0.3, 0.4) is 0 Å². The van der Waals surface area contributed by atoms with Crippen molar-refractivity contribution in [3.05, 3.63) is 88.5 Å². The number of carbonyl (C=O) groups excluding carboxylic acids is 2. The van der Waals surface area contributed by atoms with E-state index in [1.54, 1.807) is 20.3 Å². The molecule has 3 aromatic carbocycles. The van der Waals surface area contributed by atoms with Gasteiger partial charge in [0, 0.05) is 43.5 Å². The average molecular weight is 526 g/mol. The summed E-state index contributed by atoms with van der Waals surface area (Å²) in [5, 5.41) is 0. The Balaban J connectivity index is 1.41. The number of rotatable bonds is 4. The maximum atomic E-state index is 14.6. The summed E-state index contributed by atoms with van der Waals surface area (Å²) in [7, 11) is 3.15. The van der Waals surface area contributed by atoms with Crippen molar-refractivity contribution in [2.75, 3.05) is 45.3 Å². The number of fused-ring (bicyclic) bond motifs is 4. The summed E-state index contributed by atoms with van der Waals surface area (Å²) in [6, 6.07) is 20.1. The second kappa shape index (κ2) is 9.95. The van der Waals surface area contributed by atoms with Crippen LogP contribution in [-0.4, -0.2) is 68.1 Å². The SMILES string of the molecule is COc1cc2c(cc1OC)[C@H](C(=O)N1CCN(c3cccc(C)c3)[C@H](C)C1)[C@H]1c3ccccc3CCN1C2=O. The van der Waals surface area contributed by atoms with Gasteiger partial charge in [0.05, 0.1) is 26.2 Å². The molecule has 2 amide bonds. The van der Waals surface area contributed by atoms with Crippen molar-refractivity contribution in [3.63, 3.8) is 0 Å². The van der Waals surface area contributed by atoms with Gasteiger partial charge >= 0.3 is 0 Å². The van der Waals surface area contributed by atoms with Crippen molar-refractivity contribution >= 4 is 17.5 Å². The first-order valence-electron chi connectivity index (χ1n) is 13.7. The highest BCUT2D eigenvalue weighted by molar-refractivity contribution is 6.02. The number of anilines is 1. The minimum atomic E-state index is -0.531. The summed E-state index contributed by atoms with van der Waals surface area (Å²) in [6.45, 7) is 6.86. The molecule has 7 heteroatoms. The molecule has 6 rings (SSSR count). The Labute approximate surface area is 229 Å². The lowest BCUT2D eigenvalue weighted by Crippen LogP contribution is -2.57. The molecule has 1 saturated heterocycles. The monoisotopic (exact) mass is 525 g/mol. The van der Waals surface area contributed by atoms with Crippen LogP contribution >= 0.6 is 0 Å². The highest BCUT2D eigenvalue weighted by atomic mass is 16.5. The molecular weight excluding hydrogens is 490 g/mol. The molecule has 0 spiro atoms. The fourth-order valence-electron chi connectivity index (χ4n) is 6.66. The molecule has 0 bridgehead atoms. The molecule has 0 radical (unpaired) electrons. The Morgan fingerprint density at radius 3 is 2.38 bits per heavy atom. The summed E-state index contributed by atoms with van der Waals surface area (Å²) in [5.41, 5.74) is 5.91. The van der Waals surface area contributed by atoms with Crippen LogP contribution in [0, 0.1) is 6.92 Å². The minimum absolute atomic E-state index is 0.0541. The zero-order valence-corrected chi connectivity index (χ0v) is 23.0. The van der Waals surface area contributed by atoms with E-state index in [-0.39, 0.29) is 23.9 Å². The predicted octanol–water partition coefficient (Wildman–Crippen LogP) is 4.59. The summed E-state index contributed by atoms with van der Waals surface area (Å²) in [6.07, 6.45) is 0.772. The van der Waals surface area contributed by atoms with E-state index in [1.807, 2.05) is 28.0 Å². The van der Waals surface area contributed by atoms with Crippen molar-refractivity contribution in [1.82, 2.24) is 9.80 Å². The van der Waals surface area contributed by atoms with Crippen LogP contribution in [0.2, 0.25) is 0 Å². The molecule has 3 heterocycles. The fourth-order valence-corrected chi connectivity index (χ4v) is 6.66. The lowest BCUT2D eigenvalue weighted by atomic mass is 9.75. The first-order chi connectivity index (χ1) is 18.9. The molecule has 3 atom stereocenters. The van der Waals surface area contributed by atoms with E-state index in [9.17, 15) is 9.59 Å². The standard InChI is InChI=1S/C32H35N3O4/c1-20-8-7-10-23(16-20)34-15-14-33(19-21(34)2)32(37)29-25-17-27(38-3)28(39-4)18-26(25)31(36)35-13-12-22-9-5-6-11-24(22)30(29)35/h5-11,16-18,21,29-30H,12-15,19H2,1-4H3/t21-,29+,30-/m1/s1. The number of hydrogen-bond acceptors (Lipinski definition) is 5. The lowest BCUT2D eigenvalue weighted by Gasteiger charge is -2.48. The van der Waals surface area contributed by atoms with Gasteiger partial charge in [-0.2, -0.15) is 0 Å². The van der Waals surface area contributed by atoms with Crippen molar-refractivity contribution in [1.29, 1.82) is 0 Å². The van der Waals surface area contributed by atoms with Gasteiger partial charge in [-0.1, -0.05) is 36.4 Å². The molecular formula is C32H35N3O4. The van der Waals surface area contributed by atoms with E-state index in [1.165, 1.54) is 16.8 Å². The quantitative estimate of drug-likeness (QED) is 0.499. The molecule has 3 aliphatic rings. The van der Waals surface area contributed by atoms with E-state index >= 15 is 0 Å². The van der Waals surface area contributed by atoms with Crippen LogP contribution in [-0.2, 0) is 11.2 Å². The molecule has 0 aromatic heterocycles. The molecule has 0 unspecified atom stereocenters. The first kappa shape index (κ1) is 25.3. The second-order valence-electron chi connectivity index (χ2n) is 10.8. The molecule has 3 aromatic rings. The second-order valence-corrected chi connectivity index (χ2v) is 10.8. The largest absolute Gasteiger partial charge is 0.493 e. The van der Waals surface area contributed by atoms with Gasteiger partial charge in [-0.3, -0.25) is 9.59 Å². The van der Waals surface area contributed by atoms with E-state index in [0.29, 0.717) is 36.7 Å². The van der Waals surface area contributed by atoms with Crippen LogP contribution in [0.15, 0.2) is 60.7 Å². The Morgan fingerprint density at radius 1 is 0.872 bits per heavy atom. The topological polar surface area (TPSA) is 62.3 Å². The van der Waals surface area contributed by atoms with E-state index in [4.69, 9.17) is 9.47 Å². The van der Waals surface area contributed by atoms with Gasteiger partial charge in [-0.05, 0) is 66.8 Å². The molecule has 0 aliphatic carbocycles. The van der Waals surface area contributed by atoms with Gasteiger partial charge in [0.2, 0.25) is 5.91 Å². The number of methoxy groups -OCH3 is 2. The number of ether oxygens (including phenoxy) is 2. The summed E-state index contributed by atoms with van der Waals surface area (Å²) >= 11 is 0. The minimum Gasteiger partial charge on any atom is -0.493 e. The van der Waals surface area contributed by atoms with Crippen molar-refractivity contribution < 1.29 is 19.1 Å². The number of nitrogens with zero attached hydrogens (tertiary/aromatic N) is 3. The van der Waals surface area contributed by atoms with Crippen molar-refractivity contribution in [2.45, 2.75) is 38.3 Å². The molecule has 7 nitrogen and oxygen atoms in total. The third-order valence-electron chi connectivity index (χ3n) is 8.57. The van der Waals surface area contributed by atoms with Crippen LogP contribution in [0.25, 0.3) is 0 Å². The molecule has 202 valence electrons. The Bertz CT molecular complexity index is 1440. The molecule has 39 heavy (non-hydrogen) atoms. The van der Waals surface area contributed by atoms with Gasteiger partial charge in [-0.25, -0.2) is 0 Å². The van der Waals surface area contributed by atoms with Crippen LogP contribution in [0.5, 0.6) is 11.5 Å². The molecule has 0 saturated carbocycles. The number of benzene rings is 3. The van der Waals surface area contributed by atoms with Crippen molar-refractivity contribution in [3.8, 4) is 11.5 Å². The number of aryl methyl sites for hydroxylation is 1. The van der Waals surface area contributed by atoms with Gasteiger partial charge < -0.3 is 24.2 Å². The maximum absolute atomic E-state index is 14.6. The van der Waals surface area contributed by atoms with Crippen LogP contribution < -0.4 is 14.4 Å². The smallest absolute Gasteiger partial charge is 0.254 e. The number of hydrogen-bond donors (Lipinski definition) is 0. The van der Waals surface area contributed by atoms with E-state index in [2.05, 4.69) is 55.1 Å². The third-order valence-corrected chi connectivity index (χ3v) is 8.57. The highest BCUT2D eigenvalue weighted by Crippen LogP contribution is 2.49. The number of piperazine rings is 1. The lowest BCUT2D eigenvalue weighted by molar-refractivity contribution is -0.135. The van der Waals surface area contributed by atoms with Crippen molar-refractivity contribution in [2.24, 2.45) is 0 Å². The Morgan fingerprint density at radius 2 is 1.64 bits per heavy atom. The summed E-state index contributed by atoms with van der Waals surface area (Å²) < 4.78 is 11.2. The zero-order chi connectivity index (χ0) is 27.3. The molecule has 0 N–H and O–H groups in total. The van der Waals surface area contributed by atoms with Gasteiger partial charge in [0.1, 0.15) is 0 Å². The maximum Gasteiger partial charge on any atom is 0.254 e. The highest BCUT2D eigenvalue weighted by Gasteiger charge is 2.48. The normalized spacial score (nSPS) is 22.1. The summed E-state index contributed by atoms with van der Waals surface area (Å²) in [5.74, 6) is 0.478. The molecule has 3 aliphatic heterocycles. The number of carbonyl (C=O) groups is 2. The predicted molar refractivity (Wildman–Crippen MR) is 151 cm³/mol. The van der Waals surface area contributed by atoms with Gasteiger partial charge in [0.15, 0.2) is 11.5 Å². The summed E-state index contributed by atoms with van der Waals surface area (Å²) in [4.78, 5) is 34.7. The fraction of sp³-hybridized carbons (Fsp3) is 0.375. The molecule has 1 fully saturated rings. The van der Waals surface area contributed by atoms with E-state index in [0.717, 1.165) is 24.1 Å². The van der Waals surface area contributed by atoms with E-state index < -0.39 is 5.92 Å². The zero-order valence-electron chi connectivity index (χ0n) is 23.0. The average Bonchev–Trinajstić information content (AvgIpc) is 2.96. The first-order valence-corrected chi connectivity index (χ1v) is 13.7. The number of amides is 2. The van der Waals surface area contributed by atoms with Crippen LogP contribution in [0.1, 0.15) is 51.5 Å². The van der Waals surface area contributed by atoms with Gasteiger partial charge in [0.25, 0.3) is 5.91 Å². The Hall–Kier alpha value is -4.00. The third kappa shape index (κ3) is 4.20. The van der Waals surface area contributed by atoms with Gasteiger partial charge in [-0.15, -0.1) is 0 Å². The van der Waals surface area contributed by atoms with Crippen LogP contribution in [0.4, 0.5) is 5.69 Å². The Kier molecular flexibility index (Phi) is 6.45.